The molecule has 0 saturated heterocycles. The SMILES string of the molecule is CCn1c(C)nc2cc(S(C)(=O)=O)c(OC)c([N+](=O)[O-])c21. The van der Waals surface area contributed by atoms with Crippen LogP contribution in [0.1, 0.15) is 12.7 Å². The third-order valence-corrected chi connectivity index (χ3v) is 4.32. The van der Waals surface area contributed by atoms with Gasteiger partial charge in [0, 0.05) is 12.8 Å². The van der Waals surface area contributed by atoms with Crippen LogP contribution in [-0.4, -0.2) is 36.3 Å². The van der Waals surface area contributed by atoms with E-state index < -0.39 is 14.8 Å². The van der Waals surface area contributed by atoms with Crippen LogP contribution in [0.2, 0.25) is 0 Å². The molecular weight excluding hydrogens is 298 g/mol. The van der Waals surface area contributed by atoms with Crippen molar-refractivity contribution in [2.24, 2.45) is 0 Å². The second kappa shape index (κ2) is 4.99. The molecule has 0 aliphatic heterocycles. The maximum atomic E-state index is 11.9. The summed E-state index contributed by atoms with van der Waals surface area (Å²) in [6.07, 6.45) is 0.976. The molecule has 1 aromatic carbocycles. The fourth-order valence-corrected chi connectivity index (χ4v) is 3.22. The molecule has 2 rings (SSSR count). The second-order valence-electron chi connectivity index (χ2n) is 4.56. The highest BCUT2D eigenvalue weighted by molar-refractivity contribution is 7.90. The van der Waals surface area contributed by atoms with E-state index in [0.29, 0.717) is 12.4 Å². The Balaban J connectivity index is 3.10. The molecule has 8 nitrogen and oxygen atoms in total. The number of sulfone groups is 1. The van der Waals surface area contributed by atoms with E-state index in [1.54, 1.807) is 11.5 Å². The summed E-state index contributed by atoms with van der Waals surface area (Å²) in [5.74, 6) is 0.313. The maximum Gasteiger partial charge on any atom is 0.337 e. The number of benzene rings is 1. The molecule has 0 bridgehead atoms. The number of nitro benzene ring substituents is 1. The van der Waals surface area contributed by atoms with Gasteiger partial charge >= 0.3 is 5.69 Å². The van der Waals surface area contributed by atoms with Crippen molar-refractivity contribution in [3.8, 4) is 5.75 Å². The first-order chi connectivity index (χ1) is 9.72. The highest BCUT2D eigenvalue weighted by Gasteiger charge is 2.31. The monoisotopic (exact) mass is 313 g/mol. The molecule has 0 spiro atoms. The van der Waals surface area contributed by atoms with Crippen molar-refractivity contribution in [3.63, 3.8) is 0 Å². The minimum Gasteiger partial charge on any atom is -0.489 e. The third kappa shape index (κ3) is 2.33. The molecule has 0 amide bonds. The molecule has 0 N–H and O–H groups in total. The summed E-state index contributed by atoms with van der Waals surface area (Å²) < 4.78 is 30.4. The normalized spacial score (nSPS) is 11.8. The van der Waals surface area contributed by atoms with Crippen LogP contribution in [0.4, 0.5) is 5.69 Å². The van der Waals surface area contributed by atoms with Gasteiger partial charge in [0.05, 0.1) is 17.5 Å². The van der Waals surface area contributed by atoms with Crippen molar-refractivity contribution in [3.05, 3.63) is 22.0 Å². The van der Waals surface area contributed by atoms with E-state index in [2.05, 4.69) is 4.98 Å². The van der Waals surface area contributed by atoms with Crippen LogP contribution in [0.5, 0.6) is 5.75 Å². The van der Waals surface area contributed by atoms with Crippen LogP contribution in [0, 0.1) is 17.0 Å². The smallest absolute Gasteiger partial charge is 0.337 e. The molecular formula is C12H15N3O5S. The molecule has 0 aliphatic rings. The molecule has 0 unspecified atom stereocenters. The summed E-state index contributed by atoms with van der Waals surface area (Å²) in [6, 6.07) is 1.32. The molecule has 114 valence electrons. The zero-order valence-electron chi connectivity index (χ0n) is 12.1. The summed E-state index contributed by atoms with van der Waals surface area (Å²) in [5, 5.41) is 11.4. The van der Waals surface area contributed by atoms with E-state index in [1.165, 1.54) is 13.2 Å². The summed E-state index contributed by atoms with van der Waals surface area (Å²) >= 11 is 0. The Morgan fingerprint density at radius 1 is 1.48 bits per heavy atom. The minimum absolute atomic E-state index is 0.232. The third-order valence-electron chi connectivity index (χ3n) is 3.22. The molecule has 21 heavy (non-hydrogen) atoms. The number of imidazole rings is 1. The lowest BCUT2D eigenvalue weighted by Gasteiger charge is -2.09. The van der Waals surface area contributed by atoms with Gasteiger partial charge in [0.25, 0.3) is 0 Å². The van der Waals surface area contributed by atoms with E-state index in [1.807, 2.05) is 6.92 Å². The van der Waals surface area contributed by atoms with Crippen molar-refractivity contribution in [2.45, 2.75) is 25.3 Å². The van der Waals surface area contributed by atoms with Crippen molar-refractivity contribution in [1.82, 2.24) is 9.55 Å². The second-order valence-corrected chi connectivity index (χ2v) is 6.54. The molecule has 0 radical (unpaired) electrons. The Bertz CT molecular complexity index is 838. The summed E-state index contributed by atoms with van der Waals surface area (Å²) in [6.45, 7) is 4.01. The van der Waals surface area contributed by atoms with Gasteiger partial charge in [-0.3, -0.25) is 10.1 Å². The van der Waals surface area contributed by atoms with E-state index in [0.717, 1.165) is 6.26 Å². The van der Waals surface area contributed by atoms with Crippen molar-refractivity contribution in [2.75, 3.05) is 13.4 Å². The fraction of sp³-hybridized carbons (Fsp3) is 0.417. The van der Waals surface area contributed by atoms with Gasteiger partial charge < -0.3 is 9.30 Å². The average molecular weight is 313 g/mol. The van der Waals surface area contributed by atoms with Gasteiger partial charge in [0.2, 0.25) is 5.75 Å². The van der Waals surface area contributed by atoms with Crippen LogP contribution in [0.3, 0.4) is 0 Å². The van der Waals surface area contributed by atoms with E-state index >= 15 is 0 Å². The first-order valence-corrected chi connectivity index (χ1v) is 8.03. The first-order valence-electron chi connectivity index (χ1n) is 6.14. The lowest BCUT2D eigenvalue weighted by atomic mass is 10.2. The number of hydrogen-bond donors (Lipinski definition) is 0. The highest BCUT2D eigenvalue weighted by atomic mass is 32.2. The average Bonchev–Trinajstić information content (AvgIpc) is 2.69. The Morgan fingerprint density at radius 3 is 2.52 bits per heavy atom. The molecule has 0 aliphatic carbocycles. The van der Waals surface area contributed by atoms with Crippen molar-refractivity contribution < 1.29 is 18.1 Å². The molecule has 0 atom stereocenters. The topological polar surface area (TPSA) is 104 Å². The molecule has 0 saturated carbocycles. The van der Waals surface area contributed by atoms with Gasteiger partial charge in [-0.25, -0.2) is 13.4 Å². The van der Waals surface area contributed by atoms with E-state index in [-0.39, 0.29) is 27.4 Å². The van der Waals surface area contributed by atoms with Crippen molar-refractivity contribution in [1.29, 1.82) is 0 Å². The standard InChI is InChI=1S/C12H15N3O5S/c1-5-14-7(2)13-8-6-9(21(4,18)19)12(20-3)11(10(8)14)15(16)17/h6H,5H2,1-4H3. The Kier molecular flexibility index (Phi) is 3.62. The maximum absolute atomic E-state index is 11.9. The summed E-state index contributed by atoms with van der Waals surface area (Å²) in [7, 11) is -2.47. The molecule has 2 aromatic rings. The number of aromatic nitrogens is 2. The summed E-state index contributed by atoms with van der Waals surface area (Å²) in [5.41, 5.74) is 0.157. The lowest BCUT2D eigenvalue weighted by Crippen LogP contribution is -2.06. The molecule has 9 heteroatoms. The van der Waals surface area contributed by atoms with Crippen molar-refractivity contribution >= 4 is 26.6 Å². The van der Waals surface area contributed by atoms with Gasteiger partial charge in [-0.2, -0.15) is 0 Å². The van der Waals surface area contributed by atoms with Crippen LogP contribution in [-0.2, 0) is 16.4 Å². The molecule has 1 heterocycles. The Labute approximate surface area is 121 Å². The number of fused-ring (bicyclic) bond motifs is 1. The summed E-state index contributed by atoms with van der Waals surface area (Å²) in [4.78, 5) is 14.8. The zero-order chi connectivity index (χ0) is 15.9. The largest absolute Gasteiger partial charge is 0.489 e. The molecule has 0 fully saturated rings. The van der Waals surface area contributed by atoms with Gasteiger partial charge in [0.1, 0.15) is 10.7 Å². The lowest BCUT2D eigenvalue weighted by molar-refractivity contribution is -0.384. The molecule has 1 aromatic heterocycles. The van der Waals surface area contributed by atoms with Crippen LogP contribution in [0.15, 0.2) is 11.0 Å². The number of nitro groups is 1. The Morgan fingerprint density at radius 2 is 2.10 bits per heavy atom. The van der Waals surface area contributed by atoms with E-state index in [4.69, 9.17) is 4.74 Å². The fourth-order valence-electron chi connectivity index (χ4n) is 2.38. The zero-order valence-corrected chi connectivity index (χ0v) is 12.9. The van der Waals surface area contributed by atoms with Gasteiger partial charge in [0.15, 0.2) is 15.4 Å². The van der Waals surface area contributed by atoms with Crippen LogP contribution >= 0.6 is 0 Å². The van der Waals surface area contributed by atoms with Gasteiger partial charge in [-0.1, -0.05) is 0 Å². The number of rotatable bonds is 4. The number of methoxy groups -OCH3 is 1. The number of ether oxygens (including phenoxy) is 1. The number of nitrogens with zero attached hydrogens (tertiary/aromatic N) is 3. The minimum atomic E-state index is -3.68. The van der Waals surface area contributed by atoms with Crippen LogP contribution in [0.25, 0.3) is 11.0 Å². The predicted molar refractivity (Wildman–Crippen MR) is 76.5 cm³/mol. The predicted octanol–water partition coefficient (Wildman–Crippen LogP) is 1.68. The quantitative estimate of drug-likeness (QED) is 0.628. The van der Waals surface area contributed by atoms with E-state index in [9.17, 15) is 18.5 Å². The Hall–Kier alpha value is -2.16. The van der Waals surface area contributed by atoms with Gasteiger partial charge in [-0.15, -0.1) is 0 Å². The first kappa shape index (κ1) is 15.2. The number of hydrogen-bond acceptors (Lipinski definition) is 6. The van der Waals surface area contributed by atoms with Gasteiger partial charge in [-0.05, 0) is 19.9 Å². The van der Waals surface area contributed by atoms with Crippen LogP contribution < -0.4 is 4.74 Å². The highest BCUT2D eigenvalue weighted by Crippen LogP contribution is 2.40. The number of aryl methyl sites for hydroxylation is 2.